The molecule has 4 heteroatoms. The van der Waals surface area contributed by atoms with E-state index in [0.717, 1.165) is 24.3 Å². The van der Waals surface area contributed by atoms with Gasteiger partial charge in [0.05, 0.1) is 21.3 Å². The van der Waals surface area contributed by atoms with Gasteiger partial charge in [0.15, 0.2) is 11.5 Å². The van der Waals surface area contributed by atoms with E-state index in [0.29, 0.717) is 11.5 Å². The lowest BCUT2D eigenvalue weighted by atomic mass is 9.85. The first-order valence-corrected chi connectivity index (χ1v) is 7.40. The van der Waals surface area contributed by atoms with Gasteiger partial charge in [-0.25, -0.2) is 0 Å². The molecule has 0 heterocycles. The van der Waals surface area contributed by atoms with Crippen molar-refractivity contribution in [2.24, 2.45) is 5.41 Å². The molecule has 0 fully saturated rings. The average molecular weight is 295 g/mol. The number of hydrogen-bond acceptors (Lipinski definition) is 4. The van der Waals surface area contributed by atoms with E-state index in [4.69, 9.17) is 14.2 Å². The number of nitrogens with one attached hydrogen (secondary N) is 1. The third-order valence-electron chi connectivity index (χ3n) is 3.38. The van der Waals surface area contributed by atoms with Crippen molar-refractivity contribution in [3.8, 4) is 17.2 Å². The Morgan fingerprint density at radius 2 is 1.62 bits per heavy atom. The summed E-state index contributed by atoms with van der Waals surface area (Å²) in [6, 6.07) is 4.20. The van der Waals surface area contributed by atoms with Crippen LogP contribution in [-0.2, 0) is 0 Å². The molecule has 0 aliphatic rings. The molecular formula is C17H29NO3. The van der Waals surface area contributed by atoms with Crippen molar-refractivity contribution in [1.82, 2.24) is 5.32 Å². The van der Waals surface area contributed by atoms with Crippen molar-refractivity contribution in [2.45, 2.75) is 40.2 Å². The molecule has 4 nitrogen and oxygen atoms in total. The van der Waals surface area contributed by atoms with E-state index in [1.165, 1.54) is 0 Å². The fourth-order valence-corrected chi connectivity index (χ4v) is 2.55. The summed E-state index contributed by atoms with van der Waals surface area (Å²) in [7, 11) is 4.94. The normalized spacial score (nSPS) is 12.9. The predicted molar refractivity (Wildman–Crippen MR) is 86.6 cm³/mol. The summed E-state index contributed by atoms with van der Waals surface area (Å²) in [5, 5.41) is 3.54. The van der Waals surface area contributed by atoms with Gasteiger partial charge in [0.1, 0.15) is 0 Å². The van der Waals surface area contributed by atoms with Gasteiger partial charge in [-0.1, -0.05) is 27.7 Å². The van der Waals surface area contributed by atoms with Crippen LogP contribution in [0.3, 0.4) is 0 Å². The summed E-state index contributed by atoms with van der Waals surface area (Å²) in [6.07, 6.45) is 1.01. The van der Waals surface area contributed by atoms with Gasteiger partial charge in [-0.2, -0.15) is 0 Å². The summed E-state index contributed by atoms with van der Waals surface area (Å²) in [6.45, 7) is 9.74. The molecule has 120 valence electrons. The molecule has 0 aliphatic carbocycles. The van der Waals surface area contributed by atoms with Gasteiger partial charge in [0.2, 0.25) is 5.75 Å². The van der Waals surface area contributed by atoms with E-state index in [-0.39, 0.29) is 11.5 Å². The lowest BCUT2D eigenvalue weighted by molar-refractivity contribution is 0.295. The lowest BCUT2D eigenvalue weighted by Crippen LogP contribution is -2.26. The molecule has 0 aromatic heterocycles. The maximum absolute atomic E-state index is 5.61. The molecule has 0 saturated carbocycles. The third-order valence-corrected chi connectivity index (χ3v) is 3.38. The molecule has 0 aliphatic heterocycles. The van der Waals surface area contributed by atoms with E-state index >= 15 is 0 Å². The van der Waals surface area contributed by atoms with Crippen molar-refractivity contribution in [3.63, 3.8) is 0 Å². The summed E-state index contributed by atoms with van der Waals surface area (Å²) < 4.78 is 16.4. The van der Waals surface area contributed by atoms with Crippen LogP contribution in [0.15, 0.2) is 12.1 Å². The van der Waals surface area contributed by atoms with Crippen LogP contribution in [0.25, 0.3) is 0 Å². The van der Waals surface area contributed by atoms with Crippen molar-refractivity contribution in [2.75, 3.05) is 27.9 Å². The molecule has 1 aromatic carbocycles. The van der Waals surface area contributed by atoms with Crippen LogP contribution in [0.2, 0.25) is 0 Å². The van der Waals surface area contributed by atoms with Gasteiger partial charge in [-0.15, -0.1) is 0 Å². The molecule has 1 unspecified atom stereocenters. The number of ether oxygens (including phenoxy) is 3. The van der Waals surface area contributed by atoms with Crippen LogP contribution in [0.5, 0.6) is 17.2 Å². The zero-order valence-corrected chi connectivity index (χ0v) is 14.4. The Kier molecular flexibility index (Phi) is 6.34. The van der Waals surface area contributed by atoms with Crippen molar-refractivity contribution >= 4 is 0 Å². The highest BCUT2D eigenvalue weighted by Crippen LogP contribution is 2.44. The molecule has 0 spiro atoms. The topological polar surface area (TPSA) is 39.7 Å². The smallest absolute Gasteiger partial charge is 0.203 e. The molecular weight excluding hydrogens is 266 g/mol. The molecule has 21 heavy (non-hydrogen) atoms. The summed E-state index contributed by atoms with van der Waals surface area (Å²) >= 11 is 0. The fraction of sp³-hybridized carbons (Fsp3) is 0.647. The Morgan fingerprint density at radius 3 is 2.05 bits per heavy atom. The predicted octanol–water partition coefficient (Wildman–Crippen LogP) is 3.80. The maximum atomic E-state index is 5.61. The van der Waals surface area contributed by atoms with Crippen LogP contribution in [0, 0.1) is 5.41 Å². The molecule has 1 aromatic rings. The van der Waals surface area contributed by atoms with Crippen LogP contribution >= 0.6 is 0 Å². The second-order valence-electron chi connectivity index (χ2n) is 6.30. The van der Waals surface area contributed by atoms with E-state index in [9.17, 15) is 0 Å². The largest absolute Gasteiger partial charge is 0.493 e. The Bertz CT molecular complexity index is 452. The van der Waals surface area contributed by atoms with Crippen LogP contribution in [0.4, 0.5) is 0 Å². The summed E-state index contributed by atoms with van der Waals surface area (Å²) in [5.74, 6) is 2.07. The van der Waals surface area contributed by atoms with E-state index < -0.39 is 0 Å². The van der Waals surface area contributed by atoms with Crippen LogP contribution in [0.1, 0.15) is 45.7 Å². The number of hydrogen-bond donors (Lipinski definition) is 1. The highest BCUT2D eigenvalue weighted by Gasteiger charge is 2.25. The maximum Gasteiger partial charge on any atom is 0.203 e. The SMILES string of the molecule is CCNC(CC(C)(C)C)c1ccc(OC)c(OC)c1OC. The minimum absolute atomic E-state index is 0.213. The molecule has 1 atom stereocenters. The standard InChI is InChI=1S/C17H29NO3/c1-8-18-13(11-17(2,3)4)12-9-10-14(19-5)16(21-7)15(12)20-6/h9-10,13,18H,8,11H2,1-7H3. The van der Waals surface area contributed by atoms with Gasteiger partial charge in [0.25, 0.3) is 0 Å². The Labute approximate surface area is 128 Å². The van der Waals surface area contributed by atoms with E-state index in [1.807, 2.05) is 6.07 Å². The lowest BCUT2D eigenvalue weighted by Gasteiger charge is -2.29. The molecule has 0 radical (unpaired) electrons. The first kappa shape index (κ1) is 17.6. The minimum atomic E-state index is 0.213. The van der Waals surface area contributed by atoms with Gasteiger partial charge < -0.3 is 19.5 Å². The minimum Gasteiger partial charge on any atom is -0.493 e. The van der Waals surface area contributed by atoms with E-state index in [2.05, 4.69) is 39.1 Å². The van der Waals surface area contributed by atoms with Crippen molar-refractivity contribution in [1.29, 1.82) is 0 Å². The Morgan fingerprint density at radius 1 is 1.00 bits per heavy atom. The Balaban J connectivity index is 3.30. The zero-order valence-electron chi connectivity index (χ0n) is 14.4. The van der Waals surface area contributed by atoms with Gasteiger partial charge in [-0.05, 0) is 30.5 Å². The third kappa shape index (κ3) is 4.53. The van der Waals surface area contributed by atoms with Crippen molar-refractivity contribution < 1.29 is 14.2 Å². The summed E-state index contributed by atoms with van der Waals surface area (Å²) in [4.78, 5) is 0. The first-order valence-electron chi connectivity index (χ1n) is 7.40. The van der Waals surface area contributed by atoms with Gasteiger partial charge in [-0.3, -0.25) is 0 Å². The molecule has 0 saturated heterocycles. The van der Waals surface area contributed by atoms with E-state index in [1.54, 1.807) is 21.3 Å². The molecule has 0 bridgehead atoms. The number of benzene rings is 1. The quantitative estimate of drug-likeness (QED) is 0.830. The van der Waals surface area contributed by atoms with Gasteiger partial charge >= 0.3 is 0 Å². The second-order valence-corrected chi connectivity index (χ2v) is 6.30. The zero-order chi connectivity index (χ0) is 16.0. The average Bonchev–Trinajstić information content (AvgIpc) is 2.43. The highest BCUT2D eigenvalue weighted by molar-refractivity contribution is 5.56. The highest BCUT2D eigenvalue weighted by atomic mass is 16.5. The van der Waals surface area contributed by atoms with Crippen LogP contribution in [-0.4, -0.2) is 27.9 Å². The number of methoxy groups -OCH3 is 3. The fourth-order valence-electron chi connectivity index (χ4n) is 2.55. The Hall–Kier alpha value is -1.42. The second kappa shape index (κ2) is 7.55. The summed E-state index contributed by atoms with van der Waals surface area (Å²) in [5.41, 5.74) is 1.32. The van der Waals surface area contributed by atoms with Gasteiger partial charge in [0, 0.05) is 11.6 Å². The van der Waals surface area contributed by atoms with Crippen LogP contribution < -0.4 is 19.5 Å². The molecule has 1 N–H and O–H groups in total. The molecule has 0 amide bonds. The van der Waals surface area contributed by atoms with Crippen molar-refractivity contribution in [3.05, 3.63) is 17.7 Å². The molecule has 1 rings (SSSR count). The number of rotatable bonds is 7. The first-order chi connectivity index (χ1) is 9.87. The monoisotopic (exact) mass is 295 g/mol.